The smallest absolute Gasteiger partial charge is 0.253 e. The van der Waals surface area contributed by atoms with Crippen molar-refractivity contribution in [2.24, 2.45) is 5.92 Å². The summed E-state index contributed by atoms with van der Waals surface area (Å²) in [4.78, 5) is 29.2. The number of amides is 2. The van der Waals surface area contributed by atoms with Gasteiger partial charge in [0.05, 0.1) is 12.2 Å². The monoisotopic (exact) mass is 401 g/mol. The number of carbonyl (C=O) groups excluding carboxylic acids is 2. The molecular formula is C23H35N3O3. The van der Waals surface area contributed by atoms with Crippen LogP contribution in [0.1, 0.15) is 56.5 Å². The number of carbonyl (C=O) groups is 2. The molecule has 6 nitrogen and oxygen atoms in total. The molecule has 0 bridgehead atoms. The number of nitrogens with zero attached hydrogens (tertiary/aromatic N) is 2. The van der Waals surface area contributed by atoms with Gasteiger partial charge in [0.1, 0.15) is 0 Å². The molecule has 2 aliphatic rings. The quantitative estimate of drug-likeness (QED) is 0.824. The van der Waals surface area contributed by atoms with Gasteiger partial charge in [0.2, 0.25) is 5.91 Å². The van der Waals surface area contributed by atoms with Crippen LogP contribution in [-0.4, -0.2) is 66.0 Å². The highest BCUT2D eigenvalue weighted by molar-refractivity contribution is 5.94. The topological polar surface area (TPSA) is 61.9 Å². The van der Waals surface area contributed by atoms with Crippen molar-refractivity contribution in [2.75, 3.05) is 26.2 Å². The van der Waals surface area contributed by atoms with Crippen LogP contribution in [0.3, 0.4) is 0 Å². The first-order valence-corrected chi connectivity index (χ1v) is 10.9. The van der Waals surface area contributed by atoms with Gasteiger partial charge in [-0.25, -0.2) is 0 Å². The Morgan fingerprint density at radius 1 is 1.10 bits per heavy atom. The molecule has 2 aliphatic heterocycles. The lowest BCUT2D eigenvalue weighted by Crippen LogP contribution is -2.50. The summed E-state index contributed by atoms with van der Waals surface area (Å²) in [6.07, 6.45) is 2.35. The summed E-state index contributed by atoms with van der Waals surface area (Å²) in [5, 5.41) is 3.07. The van der Waals surface area contributed by atoms with E-state index in [-0.39, 0.29) is 36.0 Å². The standard InChI is InChI=1S/C23H35N3O3/c1-16(2)22(27)24-21-6-5-11-26(15-21)23(28)20-9-7-19(8-10-20)14-25-12-17(3)29-18(4)13-25/h7-10,16-18,21H,5-6,11-15H2,1-4H3,(H,24,27). The van der Waals surface area contributed by atoms with Crippen molar-refractivity contribution >= 4 is 11.8 Å². The van der Waals surface area contributed by atoms with Gasteiger partial charge < -0.3 is 15.0 Å². The van der Waals surface area contributed by atoms with Gasteiger partial charge in [0.25, 0.3) is 5.91 Å². The summed E-state index contributed by atoms with van der Waals surface area (Å²) in [7, 11) is 0. The second kappa shape index (κ2) is 9.72. The number of nitrogens with one attached hydrogen (secondary N) is 1. The van der Waals surface area contributed by atoms with E-state index in [1.165, 1.54) is 5.56 Å². The zero-order valence-corrected chi connectivity index (χ0v) is 18.2. The third-order valence-electron chi connectivity index (χ3n) is 5.68. The van der Waals surface area contributed by atoms with Gasteiger partial charge in [-0.15, -0.1) is 0 Å². The lowest BCUT2D eigenvalue weighted by molar-refractivity contribution is -0.125. The van der Waals surface area contributed by atoms with Gasteiger partial charge in [-0.2, -0.15) is 0 Å². The summed E-state index contributed by atoms with van der Waals surface area (Å²) < 4.78 is 5.80. The van der Waals surface area contributed by atoms with Crippen LogP contribution in [0.2, 0.25) is 0 Å². The molecule has 0 radical (unpaired) electrons. The molecule has 160 valence electrons. The van der Waals surface area contributed by atoms with Crippen LogP contribution < -0.4 is 5.32 Å². The Hall–Kier alpha value is -1.92. The molecule has 3 rings (SSSR count). The fourth-order valence-electron chi connectivity index (χ4n) is 4.25. The molecule has 1 N–H and O–H groups in total. The second-order valence-electron chi connectivity index (χ2n) is 8.90. The highest BCUT2D eigenvalue weighted by atomic mass is 16.5. The number of hydrogen-bond donors (Lipinski definition) is 1. The Labute approximate surface area is 174 Å². The van der Waals surface area contributed by atoms with Crippen LogP contribution in [0, 0.1) is 5.92 Å². The number of rotatable bonds is 5. The van der Waals surface area contributed by atoms with E-state index >= 15 is 0 Å². The fraction of sp³-hybridized carbons (Fsp3) is 0.652. The summed E-state index contributed by atoms with van der Waals surface area (Å²) >= 11 is 0. The van der Waals surface area contributed by atoms with E-state index in [0.29, 0.717) is 12.1 Å². The fourth-order valence-corrected chi connectivity index (χ4v) is 4.25. The van der Waals surface area contributed by atoms with E-state index in [1.54, 1.807) is 0 Å². The highest BCUT2D eigenvalue weighted by Crippen LogP contribution is 2.17. The van der Waals surface area contributed by atoms with Crippen LogP contribution in [0.4, 0.5) is 0 Å². The molecule has 0 aliphatic carbocycles. The van der Waals surface area contributed by atoms with E-state index in [9.17, 15) is 9.59 Å². The maximum Gasteiger partial charge on any atom is 0.253 e. The van der Waals surface area contributed by atoms with Gasteiger partial charge in [-0.3, -0.25) is 14.5 Å². The lowest BCUT2D eigenvalue weighted by Gasteiger charge is -2.35. The zero-order valence-electron chi connectivity index (χ0n) is 18.2. The molecule has 2 amide bonds. The van der Waals surface area contributed by atoms with Gasteiger partial charge >= 0.3 is 0 Å². The minimum absolute atomic E-state index is 0.0361. The number of benzene rings is 1. The molecule has 0 spiro atoms. The number of ether oxygens (including phenoxy) is 1. The summed E-state index contributed by atoms with van der Waals surface area (Å²) in [5.74, 6) is 0.0696. The van der Waals surface area contributed by atoms with E-state index in [1.807, 2.05) is 30.9 Å². The first-order valence-electron chi connectivity index (χ1n) is 10.9. The Kier molecular flexibility index (Phi) is 7.30. The maximum atomic E-state index is 12.9. The third kappa shape index (κ3) is 6.03. The van der Waals surface area contributed by atoms with Crippen LogP contribution >= 0.6 is 0 Å². The van der Waals surface area contributed by atoms with Crippen LogP contribution in [0.25, 0.3) is 0 Å². The molecule has 2 heterocycles. The molecule has 0 aromatic heterocycles. The van der Waals surface area contributed by atoms with Crippen LogP contribution in [-0.2, 0) is 16.1 Å². The van der Waals surface area contributed by atoms with Gasteiger partial charge in [-0.1, -0.05) is 26.0 Å². The largest absolute Gasteiger partial charge is 0.373 e. The van der Waals surface area contributed by atoms with Crippen molar-refractivity contribution in [2.45, 2.75) is 65.3 Å². The van der Waals surface area contributed by atoms with E-state index in [0.717, 1.165) is 39.0 Å². The molecule has 1 aromatic rings. The number of piperidine rings is 1. The third-order valence-corrected chi connectivity index (χ3v) is 5.68. The van der Waals surface area contributed by atoms with Crippen molar-refractivity contribution < 1.29 is 14.3 Å². The first-order chi connectivity index (χ1) is 13.8. The molecule has 0 saturated carbocycles. The molecule has 2 saturated heterocycles. The van der Waals surface area contributed by atoms with Crippen LogP contribution in [0.15, 0.2) is 24.3 Å². The average Bonchev–Trinajstić information content (AvgIpc) is 2.67. The Morgan fingerprint density at radius 3 is 2.38 bits per heavy atom. The van der Waals surface area contributed by atoms with Crippen molar-refractivity contribution in [1.82, 2.24) is 15.1 Å². The minimum Gasteiger partial charge on any atom is -0.373 e. The van der Waals surface area contributed by atoms with Gasteiger partial charge in [0, 0.05) is 50.2 Å². The molecule has 1 aromatic carbocycles. The number of likely N-dealkylation sites (tertiary alicyclic amines) is 1. The van der Waals surface area contributed by atoms with E-state index in [4.69, 9.17) is 4.74 Å². The normalized spacial score (nSPS) is 25.8. The number of hydrogen-bond acceptors (Lipinski definition) is 4. The average molecular weight is 402 g/mol. The highest BCUT2D eigenvalue weighted by Gasteiger charge is 2.26. The zero-order chi connectivity index (χ0) is 21.0. The summed E-state index contributed by atoms with van der Waals surface area (Å²) in [5.41, 5.74) is 1.93. The lowest BCUT2D eigenvalue weighted by atomic mass is 10.0. The summed E-state index contributed by atoms with van der Waals surface area (Å²) in [6, 6.07) is 8.02. The van der Waals surface area contributed by atoms with Gasteiger partial charge in [-0.05, 0) is 44.4 Å². The Morgan fingerprint density at radius 2 is 1.76 bits per heavy atom. The minimum atomic E-state index is -0.0361. The molecule has 3 unspecified atom stereocenters. The predicted octanol–water partition coefficient (Wildman–Crippen LogP) is 2.67. The molecule has 29 heavy (non-hydrogen) atoms. The number of morpholine rings is 1. The predicted molar refractivity (Wildman–Crippen MR) is 114 cm³/mol. The van der Waals surface area contributed by atoms with Crippen molar-refractivity contribution in [1.29, 1.82) is 0 Å². The van der Waals surface area contributed by atoms with Crippen molar-refractivity contribution in [3.63, 3.8) is 0 Å². The van der Waals surface area contributed by atoms with Gasteiger partial charge in [0.15, 0.2) is 0 Å². The molecule has 6 heteroatoms. The SMILES string of the molecule is CC1CN(Cc2ccc(C(=O)N3CCCC(NC(=O)C(C)C)C3)cc2)CC(C)O1. The molecule has 3 atom stereocenters. The van der Waals surface area contributed by atoms with Crippen molar-refractivity contribution in [3.8, 4) is 0 Å². The Balaban J connectivity index is 1.56. The molecule has 2 fully saturated rings. The first kappa shape index (κ1) is 21.8. The maximum absolute atomic E-state index is 12.9. The van der Waals surface area contributed by atoms with Crippen LogP contribution in [0.5, 0.6) is 0 Å². The van der Waals surface area contributed by atoms with Crippen molar-refractivity contribution in [3.05, 3.63) is 35.4 Å². The summed E-state index contributed by atoms with van der Waals surface area (Å²) in [6.45, 7) is 12.1. The van der Waals surface area contributed by atoms with E-state index < -0.39 is 0 Å². The van der Waals surface area contributed by atoms with E-state index in [2.05, 4.69) is 36.2 Å². The molecular weight excluding hydrogens is 366 g/mol. The Bertz CT molecular complexity index is 694. The second-order valence-corrected chi connectivity index (χ2v) is 8.90.